The number of tetrazole rings is 1. The van der Waals surface area contributed by atoms with E-state index in [9.17, 15) is 0 Å². The molecule has 0 bridgehead atoms. The third kappa shape index (κ3) is 5.85. The maximum Gasteiger partial charge on any atom is 0.190 e. The first-order chi connectivity index (χ1) is 4.91. The molecule has 7 nitrogen and oxygen atoms in total. The van der Waals surface area contributed by atoms with Gasteiger partial charge in [0, 0.05) is 0 Å². The maximum absolute atomic E-state index is 7.48. The number of aromatic amines is 1. The van der Waals surface area contributed by atoms with Crippen LogP contribution in [0, 0.1) is 22.9 Å². The van der Waals surface area contributed by atoms with Gasteiger partial charge in [0.1, 0.15) is 0 Å². The fraction of sp³-hybridized carbons (Fsp3) is 0. The lowest BCUT2D eigenvalue weighted by Crippen LogP contribution is -1.88. The van der Waals surface area contributed by atoms with E-state index in [-0.39, 0.29) is 0 Å². The van der Waals surface area contributed by atoms with Gasteiger partial charge in [-0.3, -0.25) is 0 Å². The van der Waals surface area contributed by atoms with Crippen LogP contribution in [0.5, 0.6) is 0 Å². The summed E-state index contributed by atoms with van der Waals surface area (Å²) < 4.78 is 0. The lowest BCUT2D eigenvalue weighted by atomic mass is 11.2. The molecule has 1 aromatic rings. The van der Waals surface area contributed by atoms with Crippen molar-refractivity contribution in [2.24, 2.45) is 0 Å². The van der Waals surface area contributed by atoms with Crippen LogP contribution in [0.15, 0.2) is 6.33 Å². The van der Waals surface area contributed by atoms with E-state index in [1.165, 1.54) is 18.7 Å². The molecular weight excluding hydrogens is 134 g/mol. The zero-order valence-corrected chi connectivity index (χ0v) is 4.81. The molecule has 1 rings (SSSR count). The number of rotatable bonds is 0. The summed E-state index contributed by atoms with van der Waals surface area (Å²) in [6.07, 6.45) is 4.15. The molecule has 0 saturated heterocycles. The van der Waals surface area contributed by atoms with E-state index in [1.54, 1.807) is 5.32 Å². The van der Waals surface area contributed by atoms with Gasteiger partial charge in [0.05, 0.1) is 0 Å². The van der Waals surface area contributed by atoms with Gasteiger partial charge in [-0.25, -0.2) is 5.32 Å². The van der Waals surface area contributed by atoms with Gasteiger partial charge in [0.15, 0.2) is 18.7 Å². The van der Waals surface area contributed by atoms with Crippen molar-refractivity contribution in [3.8, 4) is 12.4 Å². The van der Waals surface area contributed by atoms with Crippen LogP contribution in [-0.4, -0.2) is 20.6 Å². The molecule has 10 heavy (non-hydrogen) atoms. The van der Waals surface area contributed by atoms with Crippen LogP contribution < -0.4 is 5.32 Å². The van der Waals surface area contributed by atoms with E-state index in [1.807, 2.05) is 0 Å². The highest BCUT2D eigenvalue weighted by atomic mass is 15.5. The van der Waals surface area contributed by atoms with Crippen LogP contribution in [-0.2, 0) is 0 Å². The SMILES string of the molecule is N#CNC#N.c1nn[nH]n1. The van der Waals surface area contributed by atoms with E-state index in [0.29, 0.717) is 0 Å². The quantitative estimate of drug-likeness (QED) is 0.340. The van der Waals surface area contributed by atoms with Crippen LogP contribution >= 0.6 is 0 Å². The standard InChI is InChI=1S/C2HN3.CH2N4/c3-1-5-2-4;1-2-4-5-3-1/h5H;1H,(H,2,3,4,5). The van der Waals surface area contributed by atoms with Crippen LogP contribution in [0.1, 0.15) is 0 Å². The third-order valence-electron chi connectivity index (χ3n) is 0.381. The average Bonchev–Trinajstić information content (AvgIpc) is 2.44. The molecule has 0 spiro atoms. The van der Waals surface area contributed by atoms with Gasteiger partial charge in [0.25, 0.3) is 0 Å². The van der Waals surface area contributed by atoms with Gasteiger partial charge in [-0.2, -0.15) is 15.7 Å². The number of hydrogen-bond donors (Lipinski definition) is 2. The Hall–Kier alpha value is -2.15. The van der Waals surface area contributed by atoms with Crippen molar-refractivity contribution in [1.82, 2.24) is 25.9 Å². The molecule has 0 aliphatic rings. The van der Waals surface area contributed by atoms with Crippen molar-refractivity contribution >= 4 is 0 Å². The molecule has 1 heterocycles. The average molecular weight is 137 g/mol. The molecule has 0 fully saturated rings. The molecule has 0 atom stereocenters. The minimum atomic E-state index is 1.33. The van der Waals surface area contributed by atoms with Crippen molar-refractivity contribution in [3.05, 3.63) is 6.33 Å². The summed E-state index contributed by atoms with van der Waals surface area (Å²) in [6.45, 7) is 0. The number of H-pyrrole nitrogens is 1. The normalized spacial score (nSPS) is 5.80. The molecule has 0 aliphatic heterocycles. The van der Waals surface area contributed by atoms with Crippen LogP contribution in [0.2, 0.25) is 0 Å². The molecule has 1 aromatic heterocycles. The van der Waals surface area contributed by atoms with Crippen LogP contribution in [0.4, 0.5) is 0 Å². The summed E-state index contributed by atoms with van der Waals surface area (Å²) in [5, 5.41) is 28.9. The molecular formula is C3H3N7. The molecule has 0 unspecified atom stereocenters. The van der Waals surface area contributed by atoms with Crippen LogP contribution in [0.3, 0.4) is 0 Å². The molecule has 0 aliphatic carbocycles. The highest BCUT2D eigenvalue weighted by Gasteiger charge is 1.58. The van der Waals surface area contributed by atoms with Crippen molar-refractivity contribution < 1.29 is 0 Å². The molecule has 7 heteroatoms. The zero-order chi connectivity index (χ0) is 7.66. The second kappa shape index (κ2) is 6.85. The molecule has 50 valence electrons. The van der Waals surface area contributed by atoms with Gasteiger partial charge in [-0.15, -0.1) is 10.2 Å². The summed E-state index contributed by atoms with van der Waals surface area (Å²) in [5.74, 6) is 0. The topological polar surface area (TPSA) is 114 Å². The Bertz CT molecular complexity index is 183. The van der Waals surface area contributed by atoms with Gasteiger partial charge in [-0.1, -0.05) is 5.21 Å². The third-order valence-corrected chi connectivity index (χ3v) is 0.381. The minimum Gasteiger partial charge on any atom is -0.229 e. The van der Waals surface area contributed by atoms with Gasteiger partial charge < -0.3 is 0 Å². The predicted octanol–water partition coefficient (Wildman–Crippen LogP) is -1.26. The summed E-state index contributed by atoms with van der Waals surface area (Å²) in [4.78, 5) is 0. The maximum atomic E-state index is 7.48. The van der Waals surface area contributed by atoms with Gasteiger partial charge in [0.2, 0.25) is 0 Å². The Kier molecular flexibility index (Phi) is 5.38. The zero-order valence-electron chi connectivity index (χ0n) is 4.81. The summed E-state index contributed by atoms with van der Waals surface area (Å²) in [7, 11) is 0. The summed E-state index contributed by atoms with van der Waals surface area (Å²) in [6, 6.07) is 0. The van der Waals surface area contributed by atoms with Crippen LogP contribution in [0.25, 0.3) is 0 Å². The smallest absolute Gasteiger partial charge is 0.190 e. The van der Waals surface area contributed by atoms with E-state index < -0.39 is 0 Å². The fourth-order valence-corrected chi connectivity index (χ4v) is 0.154. The van der Waals surface area contributed by atoms with E-state index >= 15 is 0 Å². The lowest BCUT2D eigenvalue weighted by molar-refractivity contribution is 0.881. The highest BCUT2D eigenvalue weighted by Crippen LogP contribution is 1.43. The van der Waals surface area contributed by atoms with Crippen molar-refractivity contribution in [1.29, 1.82) is 10.5 Å². The first-order valence-electron chi connectivity index (χ1n) is 2.11. The summed E-state index contributed by atoms with van der Waals surface area (Å²) in [5.41, 5.74) is 0. The highest BCUT2D eigenvalue weighted by molar-refractivity contribution is 4.77. The van der Waals surface area contributed by atoms with Gasteiger partial charge >= 0.3 is 0 Å². The Balaban J connectivity index is 0.000000162. The van der Waals surface area contributed by atoms with E-state index in [0.717, 1.165) is 0 Å². The Morgan fingerprint density at radius 1 is 1.40 bits per heavy atom. The fourth-order valence-electron chi connectivity index (χ4n) is 0.154. The molecule has 0 aromatic carbocycles. The first-order valence-corrected chi connectivity index (χ1v) is 2.11. The number of hydrogen-bond acceptors (Lipinski definition) is 6. The van der Waals surface area contributed by atoms with E-state index in [2.05, 4.69) is 20.6 Å². The van der Waals surface area contributed by atoms with Crippen molar-refractivity contribution in [2.45, 2.75) is 0 Å². The number of nitriles is 2. The van der Waals surface area contributed by atoms with E-state index in [4.69, 9.17) is 10.5 Å². The first kappa shape index (κ1) is 7.85. The number of aromatic nitrogens is 4. The second-order valence-electron chi connectivity index (χ2n) is 0.909. The molecule has 0 radical (unpaired) electrons. The number of nitrogens with one attached hydrogen (secondary N) is 2. The van der Waals surface area contributed by atoms with Crippen molar-refractivity contribution in [3.63, 3.8) is 0 Å². The Morgan fingerprint density at radius 3 is 2.20 bits per heavy atom. The minimum absolute atomic E-state index is 1.33. The Morgan fingerprint density at radius 2 is 2.10 bits per heavy atom. The molecule has 2 N–H and O–H groups in total. The predicted molar refractivity (Wildman–Crippen MR) is 28.5 cm³/mol. The second-order valence-corrected chi connectivity index (χ2v) is 0.909. The number of nitrogens with zero attached hydrogens (tertiary/aromatic N) is 5. The molecule has 0 saturated carbocycles. The van der Waals surface area contributed by atoms with Gasteiger partial charge in [-0.05, 0) is 0 Å². The largest absolute Gasteiger partial charge is 0.229 e. The summed E-state index contributed by atoms with van der Waals surface area (Å²) >= 11 is 0. The van der Waals surface area contributed by atoms with Crippen molar-refractivity contribution in [2.75, 3.05) is 0 Å². The molecule has 0 amide bonds. The Labute approximate surface area is 56.3 Å². The monoisotopic (exact) mass is 137 g/mol. The lowest BCUT2D eigenvalue weighted by Gasteiger charge is -1.56.